The predicted octanol–water partition coefficient (Wildman–Crippen LogP) is -1.41. The third-order valence-electron chi connectivity index (χ3n) is 2.87. The van der Waals surface area contributed by atoms with Crippen molar-refractivity contribution in [3.05, 3.63) is 35.9 Å². The highest BCUT2D eigenvalue weighted by Crippen LogP contribution is 2.00. The van der Waals surface area contributed by atoms with E-state index in [4.69, 9.17) is 14.9 Å². The average molecular weight is 353 g/mol. The molecule has 10 heteroatoms. The zero-order chi connectivity index (χ0) is 18.7. The van der Waals surface area contributed by atoms with Crippen LogP contribution in [0.1, 0.15) is 5.56 Å². The fraction of sp³-hybridized carbons (Fsp3) is 0.333. The van der Waals surface area contributed by atoms with Gasteiger partial charge in [0.15, 0.2) is 0 Å². The molecule has 136 valence electrons. The summed E-state index contributed by atoms with van der Waals surface area (Å²) in [5.74, 6) is -2.85. The van der Waals surface area contributed by atoms with E-state index in [0.717, 1.165) is 5.56 Å². The van der Waals surface area contributed by atoms with Crippen molar-refractivity contribution in [2.24, 2.45) is 0 Å². The molecule has 1 unspecified atom stereocenters. The van der Waals surface area contributed by atoms with E-state index in [1.807, 2.05) is 11.4 Å². The SMILES string of the molecule is O=C(CNC(=O)OCc1ccccc1)NCC(=O)NC(CO)C(=O)O. The molecule has 0 radical (unpaired) electrons. The fourth-order valence-corrected chi connectivity index (χ4v) is 1.60. The standard InChI is InChI=1S/C15H19N3O7/c19-8-11(14(22)23)18-13(21)7-16-12(20)6-17-15(24)25-9-10-4-2-1-3-5-10/h1-5,11,19H,6-9H2,(H,16,20)(H,17,24)(H,18,21)(H,22,23). The van der Waals surface area contributed by atoms with Crippen LogP contribution in [0, 0.1) is 0 Å². The van der Waals surface area contributed by atoms with Crippen LogP contribution in [0.4, 0.5) is 4.79 Å². The number of carboxylic acids is 1. The first-order chi connectivity index (χ1) is 11.9. The van der Waals surface area contributed by atoms with E-state index in [9.17, 15) is 19.2 Å². The van der Waals surface area contributed by atoms with Gasteiger partial charge in [0.25, 0.3) is 0 Å². The first-order valence-electron chi connectivity index (χ1n) is 7.26. The third kappa shape index (κ3) is 8.32. The van der Waals surface area contributed by atoms with Crippen molar-refractivity contribution < 1.29 is 34.1 Å². The van der Waals surface area contributed by atoms with Gasteiger partial charge < -0.3 is 30.9 Å². The number of aliphatic carboxylic acids is 1. The lowest BCUT2D eigenvalue weighted by Gasteiger charge is -2.12. The van der Waals surface area contributed by atoms with E-state index in [-0.39, 0.29) is 6.61 Å². The largest absolute Gasteiger partial charge is 0.480 e. The van der Waals surface area contributed by atoms with Crippen LogP contribution >= 0.6 is 0 Å². The number of ether oxygens (including phenoxy) is 1. The molecule has 0 aliphatic heterocycles. The fourth-order valence-electron chi connectivity index (χ4n) is 1.60. The maximum atomic E-state index is 11.5. The molecule has 5 N–H and O–H groups in total. The number of carboxylic acid groups (broad SMARTS) is 1. The number of hydrogen-bond acceptors (Lipinski definition) is 6. The third-order valence-corrected chi connectivity index (χ3v) is 2.87. The Morgan fingerprint density at radius 3 is 2.24 bits per heavy atom. The van der Waals surface area contributed by atoms with Gasteiger partial charge in [-0.2, -0.15) is 0 Å². The highest BCUT2D eigenvalue weighted by molar-refractivity contribution is 5.89. The van der Waals surface area contributed by atoms with E-state index in [1.54, 1.807) is 24.3 Å². The van der Waals surface area contributed by atoms with Crippen LogP contribution in [0.15, 0.2) is 30.3 Å². The van der Waals surface area contributed by atoms with Gasteiger partial charge in [-0.3, -0.25) is 9.59 Å². The molecule has 10 nitrogen and oxygen atoms in total. The van der Waals surface area contributed by atoms with Gasteiger partial charge in [0.2, 0.25) is 11.8 Å². The maximum Gasteiger partial charge on any atom is 0.407 e. The van der Waals surface area contributed by atoms with E-state index in [2.05, 4.69) is 10.6 Å². The Morgan fingerprint density at radius 2 is 1.64 bits per heavy atom. The molecule has 3 amide bonds. The number of nitrogens with one attached hydrogen (secondary N) is 3. The first-order valence-corrected chi connectivity index (χ1v) is 7.26. The van der Waals surface area contributed by atoms with Crippen LogP contribution in [0.2, 0.25) is 0 Å². The van der Waals surface area contributed by atoms with Crippen LogP contribution in [-0.4, -0.2) is 59.8 Å². The van der Waals surface area contributed by atoms with Gasteiger partial charge in [0.1, 0.15) is 19.2 Å². The molecule has 25 heavy (non-hydrogen) atoms. The van der Waals surface area contributed by atoms with E-state index >= 15 is 0 Å². The lowest BCUT2D eigenvalue weighted by Crippen LogP contribution is -2.48. The lowest BCUT2D eigenvalue weighted by molar-refractivity contribution is -0.142. The summed E-state index contributed by atoms with van der Waals surface area (Å²) in [5.41, 5.74) is 0.788. The van der Waals surface area contributed by atoms with Gasteiger partial charge in [-0.1, -0.05) is 30.3 Å². The van der Waals surface area contributed by atoms with Crippen LogP contribution in [0.25, 0.3) is 0 Å². The van der Waals surface area contributed by atoms with Crippen molar-refractivity contribution in [2.75, 3.05) is 19.7 Å². The first kappa shape index (κ1) is 19.9. The van der Waals surface area contributed by atoms with Crippen molar-refractivity contribution >= 4 is 23.9 Å². The molecule has 0 spiro atoms. The van der Waals surface area contributed by atoms with Gasteiger partial charge in [-0.15, -0.1) is 0 Å². The van der Waals surface area contributed by atoms with Crippen molar-refractivity contribution in [3.63, 3.8) is 0 Å². The zero-order valence-electron chi connectivity index (χ0n) is 13.2. The number of aliphatic hydroxyl groups excluding tert-OH is 1. The predicted molar refractivity (Wildman–Crippen MR) is 84.3 cm³/mol. The summed E-state index contributed by atoms with van der Waals surface area (Å²) in [6, 6.07) is 7.51. The average Bonchev–Trinajstić information content (AvgIpc) is 2.61. The Morgan fingerprint density at radius 1 is 1.00 bits per heavy atom. The Balaban J connectivity index is 2.20. The Labute approximate surface area is 143 Å². The highest BCUT2D eigenvalue weighted by Gasteiger charge is 2.18. The van der Waals surface area contributed by atoms with Crippen LogP contribution < -0.4 is 16.0 Å². The number of amides is 3. The topological polar surface area (TPSA) is 154 Å². The smallest absolute Gasteiger partial charge is 0.407 e. The maximum absolute atomic E-state index is 11.5. The monoisotopic (exact) mass is 353 g/mol. The summed E-state index contributed by atoms with van der Waals surface area (Å²) >= 11 is 0. The minimum absolute atomic E-state index is 0.0500. The number of benzene rings is 1. The zero-order valence-corrected chi connectivity index (χ0v) is 13.2. The summed E-state index contributed by atoms with van der Waals surface area (Å²) in [7, 11) is 0. The van der Waals surface area contributed by atoms with Gasteiger partial charge in [-0.25, -0.2) is 9.59 Å². The number of hydrogen-bond donors (Lipinski definition) is 5. The summed E-state index contributed by atoms with van der Waals surface area (Å²) < 4.78 is 4.90. The molecular weight excluding hydrogens is 334 g/mol. The van der Waals surface area contributed by atoms with Gasteiger partial charge in [0.05, 0.1) is 13.2 Å². The second kappa shape index (κ2) is 10.6. The van der Waals surface area contributed by atoms with Gasteiger partial charge in [0, 0.05) is 0 Å². The van der Waals surface area contributed by atoms with E-state index in [0.29, 0.717) is 0 Å². The summed E-state index contributed by atoms with van der Waals surface area (Å²) in [4.78, 5) is 44.9. The minimum Gasteiger partial charge on any atom is -0.480 e. The van der Waals surface area contributed by atoms with E-state index < -0.39 is 49.6 Å². The lowest BCUT2D eigenvalue weighted by atomic mass is 10.2. The van der Waals surface area contributed by atoms with Crippen LogP contribution in [0.3, 0.4) is 0 Å². The summed E-state index contributed by atoms with van der Waals surface area (Å²) in [5, 5.41) is 23.8. The molecular formula is C15H19N3O7. The van der Waals surface area contributed by atoms with Gasteiger partial charge in [-0.05, 0) is 5.56 Å². The normalized spacial score (nSPS) is 11.1. The quantitative estimate of drug-likeness (QED) is 0.365. The Bertz CT molecular complexity index is 606. The molecule has 0 aromatic heterocycles. The van der Waals surface area contributed by atoms with Crippen molar-refractivity contribution in [1.29, 1.82) is 0 Å². The number of carbonyl (C=O) groups is 4. The highest BCUT2D eigenvalue weighted by atomic mass is 16.5. The van der Waals surface area contributed by atoms with Crippen LogP contribution in [-0.2, 0) is 25.7 Å². The molecule has 1 aromatic rings. The molecule has 0 fully saturated rings. The van der Waals surface area contributed by atoms with Crippen molar-refractivity contribution in [3.8, 4) is 0 Å². The van der Waals surface area contributed by atoms with Crippen molar-refractivity contribution in [1.82, 2.24) is 16.0 Å². The molecule has 1 aromatic carbocycles. The molecule has 0 bridgehead atoms. The molecule has 1 rings (SSSR count). The molecule has 0 heterocycles. The van der Waals surface area contributed by atoms with Crippen molar-refractivity contribution in [2.45, 2.75) is 12.6 Å². The minimum atomic E-state index is -1.45. The molecule has 0 saturated carbocycles. The summed E-state index contributed by atoms with van der Waals surface area (Å²) in [6.07, 6.45) is -0.797. The molecule has 0 aliphatic carbocycles. The Hall–Kier alpha value is -3.14. The second-order valence-electron chi connectivity index (χ2n) is 4.83. The Kier molecular flexibility index (Phi) is 8.44. The molecule has 0 aliphatic rings. The number of carbonyl (C=O) groups excluding carboxylic acids is 3. The molecule has 0 saturated heterocycles. The summed E-state index contributed by atoms with van der Waals surface area (Å²) in [6.45, 7) is -1.63. The number of alkyl carbamates (subject to hydrolysis) is 1. The molecule has 1 atom stereocenters. The second-order valence-corrected chi connectivity index (χ2v) is 4.83. The van der Waals surface area contributed by atoms with E-state index in [1.165, 1.54) is 0 Å². The van der Waals surface area contributed by atoms with Gasteiger partial charge >= 0.3 is 12.1 Å². The number of rotatable bonds is 9. The van der Waals surface area contributed by atoms with Crippen LogP contribution in [0.5, 0.6) is 0 Å². The number of aliphatic hydroxyl groups is 1.